The third-order valence-corrected chi connectivity index (χ3v) is 5.08. The van der Waals surface area contributed by atoms with Crippen LogP contribution in [-0.2, 0) is 9.53 Å². The molecular weight excluding hydrogens is 512 g/mol. The fraction of sp³-hybridized carbons (Fsp3) is 0.636. The Balaban J connectivity index is 0.00000480. The Morgan fingerprint density at radius 3 is 2.35 bits per heavy atom. The minimum Gasteiger partial charge on any atom is -0.381 e. The Hall–Kier alpha value is -1.62. The Morgan fingerprint density at radius 2 is 1.71 bits per heavy atom. The predicted octanol–water partition coefficient (Wildman–Crippen LogP) is 2.85. The van der Waals surface area contributed by atoms with Crippen molar-refractivity contribution in [1.82, 2.24) is 15.5 Å². The molecule has 7 nitrogen and oxygen atoms in total. The van der Waals surface area contributed by atoms with Crippen LogP contribution in [-0.4, -0.2) is 76.3 Å². The van der Waals surface area contributed by atoms with Crippen molar-refractivity contribution < 1.29 is 13.9 Å². The highest BCUT2D eigenvalue weighted by Crippen LogP contribution is 2.17. The molecule has 1 fully saturated rings. The number of hydrogen-bond donors (Lipinski definition) is 2. The summed E-state index contributed by atoms with van der Waals surface area (Å²) in [6, 6.07) is 6.51. The van der Waals surface area contributed by atoms with E-state index >= 15 is 0 Å². The molecule has 1 aliphatic heterocycles. The molecule has 1 aliphatic rings. The van der Waals surface area contributed by atoms with Gasteiger partial charge in [0.1, 0.15) is 5.82 Å². The average Bonchev–Trinajstić information content (AvgIpc) is 2.77. The SMILES string of the molecule is CCCCOCCCNC(=NC)NCCC(=O)N1CCN(c2ccc(F)cc2)CC1.I. The summed E-state index contributed by atoms with van der Waals surface area (Å²) >= 11 is 0. The number of aliphatic imine (C=N–C) groups is 1. The van der Waals surface area contributed by atoms with Crippen LogP contribution >= 0.6 is 24.0 Å². The van der Waals surface area contributed by atoms with Gasteiger partial charge in [-0.25, -0.2) is 4.39 Å². The van der Waals surface area contributed by atoms with Crippen molar-refractivity contribution in [3.63, 3.8) is 0 Å². The second-order valence-electron chi connectivity index (χ2n) is 7.34. The fourth-order valence-corrected chi connectivity index (χ4v) is 3.26. The third kappa shape index (κ3) is 10.5. The molecule has 0 unspecified atom stereocenters. The lowest BCUT2D eigenvalue weighted by Crippen LogP contribution is -2.49. The molecule has 2 N–H and O–H groups in total. The number of nitrogens with zero attached hydrogens (tertiary/aromatic N) is 3. The molecule has 1 amide bonds. The van der Waals surface area contributed by atoms with Crippen molar-refractivity contribution in [3.05, 3.63) is 30.1 Å². The number of piperazine rings is 1. The molecule has 0 bridgehead atoms. The number of unbranched alkanes of at least 4 members (excludes halogenated alkanes) is 1. The first kappa shape index (κ1) is 27.4. The molecule has 176 valence electrons. The van der Waals surface area contributed by atoms with Gasteiger partial charge in [-0.2, -0.15) is 0 Å². The molecule has 1 aromatic carbocycles. The third-order valence-electron chi connectivity index (χ3n) is 5.08. The number of amides is 1. The Morgan fingerprint density at radius 1 is 1.06 bits per heavy atom. The molecule has 9 heteroatoms. The van der Waals surface area contributed by atoms with Crippen molar-refractivity contribution in [2.75, 3.05) is 64.4 Å². The normalized spacial score (nSPS) is 14.2. The number of benzene rings is 1. The van der Waals surface area contributed by atoms with E-state index in [0.717, 1.165) is 57.8 Å². The van der Waals surface area contributed by atoms with Crippen LogP contribution in [0, 0.1) is 5.82 Å². The second kappa shape index (κ2) is 16.1. The van der Waals surface area contributed by atoms with Crippen LogP contribution in [0.3, 0.4) is 0 Å². The lowest BCUT2D eigenvalue weighted by atomic mass is 10.2. The van der Waals surface area contributed by atoms with Gasteiger partial charge in [0, 0.05) is 71.6 Å². The molecule has 0 aromatic heterocycles. The van der Waals surface area contributed by atoms with Gasteiger partial charge in [0.05, 0.1) is 0 Å². The van der Waals surface area contributed by atoms with Gasteiger partial charge in [-0.1, -0.05) is 13.3 Å². The van der Waals surface area contributed by atoms with E-state index < -0.39 is 0 Å². The van der Waals surface area contributed by atoms with Crippen molar-refractivity contribution in [3.8, 4) is 0 Å². The number of carbonyl (C=O) groups excluding carboxylic acids is 1. The number of ether oxygens (including phenoxy) is 1. The Bertz CT molecular complexity index is 652. The van der Waals surface area contributed by atoms with Crippen molar-refractivity contribution in [2.24, 2.45) is 4.99 Å². The molecule has 0 saturated carbocycles. The summed E-state index contributed by atoms with van der Waals surface area (Å²) in [5.41, 5.74) is 0.996. The molecule has 1 aromatic rings. The quantitative estimate of drug-likeness (QED) is 0.192. The zero-order valence-electron chi connectivity index (χ0n) is 18.7. The summed E-state index contributed by atoms with van der Waals surface area (Å²) in [6.45, 7) is 7.93. The Labute approximate surface area is 202 Å². The predicted molar refractivity (Wildman–Crippen MR) is 135 cm³/mol. The largest absolute Gasteiger partial charge is 0.381 e. The minimum atomic E-state index is -0.232. The first-order valence-electron chi connectivity index (χ1n) is 10.9. The monoisotopic (exact) mass is 549 g/mol. The van der Waals surface area contributed by atoms with E-state index in [1.165, 1.54) is 12.1 Å². The molecule has 0 spiro atoms. The first-order valence-corrected chi connectivity index (χ1v) is 10.9. The number of anilines is 1. The highest BCUT2D eigenvalue weighted by Gasteiger charge is 2.21. The number of rotatable bonds is 11. The maximum absolute atomic E-state index is 13.1. The van der Waals surface area contributed by atoms with E-state index in [2.05, 4.69) is 27.4 Å². The van der Waals surface area contributed by atoms with Crippen molar-refractivity contribution in [2.45, 2.75) is 32.6 Å². The first-order chi connectivity index (χ1) is 14.6. The molecule has 0 atom stereocenters. The van der Waals surface area contributed by atoms with Gasteiger partial charge in [-0.05, 0) is 37.1 Å². The molecular formula is C22H37FIN5O2. The summed E-state index contributed by atoms with van der Waals surface area (Å²) in [5.74, 6) is 0.614. The van der Waals surface area contributed by atoms with Gasteiger partial charge in [-0.3, -0.25) is 9.79 Å². The molecule has 31 heavy (non-hydrogen) atoms. The van der Waals surface area contributed by atoms with Crippen LogP contribution in [0.5, 0.6) is 0 Å². The van der Waals surface area contributed by atoms with Crippen LogP contribution in [0.25, 0.3) is 0 Å². The number of hydrogen-bond acceptors (Lipinski definition) is 4. The van der Waals surface area contributed by atoms with Crippen LogP contribution in [0.2, 0.25) is 0 Å². The van der Waals surface area contributed by atoms with Gasteiger partial charge in [-0.15, -0.1) is 24.0 Å². The molecule has 0 radical (unpaired) electrons. The zero-order chi connectivity index (χ0) is 21.6. The maximum Gasteiger partial charge on any atom is 0.224 e. The van der Waals surface area contributed by atoms with E-state index in [4.69, 9.17) is 4.74 Å². The van der Waals surface area contributed by atoms with Gasteiger partial charge >= 0.3 is 0 Å². The van der Waals surface area contributed by atoms with E-state index in [1.807, 2.05) is 4.90 Å². The maximum atomic E-state index is 13.1. The lowest BCUT2D eigenvalue weighted by molar-refractivity contribution is -0.131. The van der Waals surface area contributed by atoms with E-state index in [-0.39, 0.29) is 35.7 Å². The van der Waals surface area contributed by atoms with Crippen LogP contribution in [0.15, 0.2) is 29.3 Å². The number of guanidine groups is 1. The highest BCUT2D eigenvalue weighted by atomic mass is 127. The van der Waals surface area contributed by atoms with E-state index in [9.17, 15) is 9.18 Å². The fourth-order valence-electron chi connectivity index (χ4n) is 3.26. The summed E-state index contributed by atoms with van der Waals surface area (Å²) in [4.78, 5) is 20.7. The van der Waals surface area contributed by atoms with Gasteiger partial charge in [0.25, 0.3) is 0 Å². The lowest BCUT2D eigenvalue weighted by Gasteiger charge is -2.36. The number of halogens is 2. The number of carbonyl (C=O) groups is 1. The summed E-state index contributed by atoms with van der Waals surface area (Å²) in [7, 11) is 1.73. The molecule has 0 aliphatic carbocycles. The summed E-state index contributed by atoms with van der Waals surface area (Å²) < 4.78 is 18.6. The van der Waals surface area contributed by atoms with Gasteiger partial charge < -0.3 is 25.2 Å². The molecule has 1 saturated heterocycles. The van der Waals surface area contributed by atoms with Crippen LogP contribution in [0.1, 0.15) is 32.6 Å². The van der Waals surface area contributed by atoms with Crippen molar-refractivity contribution in [1.29, 1.82) is 0 Å². The molecule has 2 rings (SSSR count). The van der Waals surface area contributed by atoms with E-state index in [1.54, 1.807) is 19.2 Å². The number of nitrogens with one attached hydrogen (secondary N) is 2. The van der Waals surface area contributed by atoms with Crippen LogP contribution < -0.4 is 15.5 Å². The van der Waals surface area contributed by atoms with Gasteiger partial charge in [0.2, 0.25) is 5.91 Å². The second-order valence-corrected chi connectivity index (χ2v) is 7.34. The minimum absolute atomic E-state index is 0. The standard InChI is InChI=1S/C22H36FN5O2.HI/c1-3-4-17-30-18-5-11-25-22(24-2)26-12-10-21(29)28-15-13-27(14-16-28)20-8-6-19(23)7-9-20;/h6-9H,3-5,10-18H2,1-2H3,(H2,24,25,26);1H. The smallest absolute Gasteiger partial charge is 0.224 e. The Kier molecular flexibility index (Phi) is 14.2. The average molecular weight is 549 g/mol. The molecule has 1 heterocycles. The highest BCUT2D eigenvalue weighted by molar-refractivity contribution is 14.0. The van der Waals surface area contributed by atoms with E-state index in [0.29, 0.717) is 32.0 Å². The van der Waals surface area contributed by atoms with Crippen molar-refractivity contribution >= 4 is 41.5 Å². The topological polar surface area (TPSA) is 69.2 Å². The summed E-state index contributed by atoms with van der Waals surface area (Å²) in [6.07, 6.45) is 3.60. The zero-order valence-corrected chi connectivity index (χ0v) is 21.1. The van der Waals surface area contributed by atoms with Gasteiger partial charge in [0.15, 0.2) is 5.96 Å². The summed E-state index contributed by atoms with van der Waals surface area (Å²) in [5, 5.41) is 6.44. The van der Waals surface area contributed by atoms with Crippen LogP contribution in [0.4, 0.5) is 10.1 Å².